The fraction of sp³-hybridized carbons (Fsp3) is 0.222. The Hall–Kier alpha value is -6.04. The van der Waals surface area contributed by atoms with Crippen molar-refractivity contribution in [2.45, 2.75) is 40.2 Å². The zero-order valence-corrected chi connectivity index (χ0v) is 27.0. The maximum atomic E-state index is 13.3. The minimum absolute atomic E-state index is 0.0107. The van der Waals surface area contributed by atoms with Gasteiger partial charge in [-0.15, -0.1) is 0 Å². The Kier molecular flexibility index (Phi) is 10.8. The van der Waals surface area contributed by atoms with Crippen molar-refractivity contribution in [1.82, 2.24) is 20.3 Å². The van der Waals surface area contributed by atoms with Gasteiger partial charge < -0.3 is 25.1 Å². The molecule has 0 aliphatic heterocycles. The monoisotopic (exact) mass is 647 g/mol. The van der Waals surface area contributed by atoms with E-state index >= 15 is 0 Å². The summed E-state index contributed by atoms with van der Waals surface area (Å²) in [5.41, 5.74) is 5.11. The van der Waals surface area contributed by atoms with Crippen LogP contribution in [0.2, 0.25) is 0 Å². The van der Waals surface area contributed by atoms with Crippen molar-refractivity contribution in [3.8, 4) is 5.75 Å². The van der Waals surface area contributed by atoms with Gasteiger partial charge in [0, 0.05) is 35.1 Å². The minimum atomic E-state index is -0.681. The number of H-pyrrole nitrogens is 1. The van der Waals surface area contributed by atoms with Crippen molar-refractivity contribution in [3.63, 3.8) is 0 Å². The normalized spacial score (nSPS) is 10.7. The number of fused-ring (bicyclic) bond motifs is 1. The summed E-state index contributed by atoms with van der Waals surface area (Å²) in [5, 5.41) is 14.3. The lowest BCUT2D eigenvalue weighted by Crippen LogP contribution is -2.36. The minimum Gasteiger partial charge on any atom is -0.466 e. The summed E-state index contributed by atoms with van der Waals surface area (Å²) in [7, 11) is 0. The van der Waals surface area contributed by atoms with Crippen LogP contribution in [0.25, 0.3) is 11.0 Å². The summed E-state index contributed by atoms with van der Waals surface area (Å²) in [6, 6.07) is 23.1. The van der Waals surface area contributed by atoms with E-state index in [1.807, 2.05) is 31.2 Å². The van der Waals surface area contributed by atoms with Crippen LogP contribution in [0.1, 0.15) is 53.1 Å². The van der Waals surface area contributed by atoms with Crippen LogP contribution in [0.4, 0.5) is 16.3 Å². The number of ether oxygens (including phenoxy) is 2. The summed E-state index contributed by atoms with van der Waals surface area (Å²) >= 11 is 0. The van der Waals surface area contributed by atoms with Crippen LogP contribution in [0.5, 0.6) is 5.75 Å². The molecule has 3 aromatic carbocycles. The number of hydrogen-bond acceptors (Lipinski definition) is 9. The lowest BCUT2D eigenvalue weighted by atomic mass is 10.1. The average molecular weight is 648 g/mol. The van der Waals surface area contributed by atoms with Crippen molar-refractivity contribution >= 4 is 46.3 Å². The van der Waals surface area contributed by atoms with E-state index in [1.165, 1.54) is 4.90 Å². The molecule has 5 rings (SSSR count). The van der Waals surface area contributed by atoms with Gasteiger partial charge in [0.05, 0.1) is 30.6 Å². The summed E-state index contributed by atoms with van der Waals surface area (Å²) in [4.78, 5) is 51.4. The molecule has 0 radical (unpaired) electrons. The van der Waals surface area contributed by atoms with Crippen molar-refractivity contribution in [2.75, 3.05) is 23.4 Å². The highest BCUT2D eigenvalue weighted by Crippen LogP contribution is 2.27. The molecule has 246 valence electrons. The Morgan fingerprint density at radius 1 is 0.938 bits per heavy atom. The number of amidine groups is 1. The van der Waals surface area contributed by atoms with E-state index in [-0.39, 0.29) is 31.3 Å². The number of anilines is 2. The number of aromatic amines is 1. The predicted octanol–water partition coefficient (Wildman–Crippen LogP) is 6.15. The van der Waals surface area contributed by atoms with Crippen LogP contribution < -0.4 is 20.3 Å². The van der Waals surface area contributed by atoms with Crippen LogP contribution in [0, 0.1) is 12.3 Å². The number of esters is 1. The molecule has 0 bridgehead atoms. The number of nitrogens with zero attached hydrogens (tertiary/aromatic N) is 3. The molecule has 12 heteroatoms. The number of aryl methyl sites for hydroxylation is 2. The molecule has 0 aliphatic rings. The quantitative estimate of drug-likeness (QED) is 0.0712. The summed E-state index contributed by atoms with van der Waals surface area (Å²) in [6.45, 7) is 6.27. The molecule has 5 aromatic rings. The van der Waals surface area contributed by atoms with Gasteiger partial charge in [-0.05, 0) is 86.5 Å². The average Bonchev–Trinajstić information content (AvgIpc) is 3.53. The molecule has 0 atom stereocenters. The predicted molar refractivity (Wildman–Crippen MR) is 184 cm³/mol. The molecule has 0 saturated heterocycles. The molecular weight excluding hydrogens is 610 g/mol. The van der Waals surface area contributed by atoms with Crippen molar-refractivity contribution in [2.24, 2.45) is 0 Å². The second kappa shape index (κ2) is 15.5. The van der Waals surface area contributed by atoms with Crippen molar-refractivity contribution in [3.05, 3.63) is 113 Å². The Labute approximate surface area is 278 Å². The molecule has 2 amide bonds. The molecule has 0 aliphatic carbocycles. The fourth-order valence-electron chi connectivity index (χ4n) is 4.93. The van der Waals surface area contributed by atoms with E-state index in [9.17, 15) is 14.4 Å². The summed E-state index contributed by atoms with van der Waals surface area (Å²) < 4.78 is 10.8. The second-order valence-corrected chi connectivity index (χ2v) is 10.8. The highest BCUT2D eigenvalue weighted by Gasteiger charge is 2.22. The van der Waals surface area contributed by atoms with Crippen LogP contribution in [-0.2, 0) is 22.5 Å². The number of amides is 2. The summed E-state index contributed by atoms with van der Waals surface area (Å²) in [6.07, 6.45) is 1.76. The first-order valence-corrected chi connectivity index (χ1v) is 15.6. The molecular formula is C36H37N7O5. The maximum absolute atomic E-state index is 13.3. The number of carbonyl (C=O) groups is 3. The van der Waals surface area contributed by atoms with E-state index < -0.39 is 12.1 Å². The Balaban J connectivity index is 1.20. The van der Waals surface area contributed by atoms with Crippen molar-refractivity contribution < 1.29 is 23.9 Å². The number of aromatic nitrogens is 3. The van der Waals surface area contributed by atoms with Gasteiger partial charge in [-0.3, -0.25) is 19.9 Å². The number of nitrogens with one attached hydrogen (secondary N) is 4. The molecule has 12 nitrogen and oxygen atoms in total. The standard InChI is InChI=1S/C36H37N7O5/c1-4-24-9-11-26(12-10-24)35(45)42-34(37)25-13-15-27(16-14-25)39-22-30-40-28-17-18-29(23(3)33(28)41-30)48-36(46)43(21-19-32(44)47-5-2)31-8-6-7-20-38-31/h6-18,20,39H,4-5,19,21-22H2,1-3H3,(H,40,41)(H2,37,42,45). The van der Waals surface area contributed by atoms with E-state index in [0.29, 0.717) is 46.1 Å². The van der Waals surface area contributed by atoms with E-state index in [1.54, 1.807) is 67.7 Å². The molecule has 0 unspecified atom stereocenters. The first-order valence-electron chi connectivity index (χ1n) is 15.6. The highest BCUT2D eigenvalue weighted by atomic mass is 16.6. The third-order valence-corrected chi connectivity index (χ3v) is 7.59. The molecule has 2 heterocycles. The molecule has 0 spiro atoms. The van der Waals surface area contributed by atoms with Crippen LogP contribution in [-0.4, -0.2) is 51.9 Å². The highest BCUT2D eigenvalue weighted by molar-refractivity contribution is 6.11. The number of benzene rings is 3. The smallest absolute Gasteiger partial charge is 0.420 e. The van der Waals surface area contributed by atoms with Gasteiger partial charge in [-0.1, -0.05) is 25.1 Å². The Bertz CT molecular complexity index is 1910. The SMILES string of the molecule is CCOC(=O)CCN(C(=O)Oc1ccc2[nH]c(CNc3ccc(C(=N)NC(=O)c4ccc(CC)cc4)cc3)nc2c1C)c1ccccn1. The number of carbonyl (C=O) groups excluding carboxylic acids is 3. The van der Waals surface area contributed by atoms with Crippen LogP contribution in [0.3, 0.4) is 0 Å². The largest absolute Gasteiger partial charge is 0.466 e. The molecule has 0 fully saturated rings. The van der Waals surface area contributed by atoms with Gasteiger partial charge >= 0.3 is 12.1 Å². The first kappa shape index (κ1) is 33.3. The Morgan fingerprint density at radius 3 is 2.38 bits per heavy atom. The van der Waals surface area contributed by atoms with Gasteiger partial charge in [0.2, 0.25) is 0 Å². The zero-order valence-electron chi connectivity index (χ0n) is 27.0. The zero-order chi connectivity index (χ0) is 34.0. The second-order valence-electron chi connectivity index (χ2n) is 10.8. The van der Waals surface area contributed by atoms with Gasteiger partial charge in [0.15, 0.2) is 0 Å². The van der Waals surface area contributed by atoms with Gasteiger partial charge in [0.25, 0.3) is 5.91 Å². The number of hydrogen-bond donors (Lipinski definition) is 4. The third kappa shape index (κ3) is 8.21. The van der Waals surface area contributed by atoms with Crippen LogP contribution >= 0.6 is 0 Å². The van der Waals surface area contributed by atoms with Crippen LogP contribution in [0.15, 0.2) is 85.1 Å². The lowest BCUT2D eigenvalue weighted by molar-refractivity contribution is -0.142. The van der Waals surface area contributed by atoms with E-state index in [0.717, 1.165) is 23.2 Å². The van der Waals surface area contributed by atoms with Crippen molar-refractivity contribution in [1.29, 1.82) is 5.41 Å². The van der Waals surface area contributed by atoms with E-state index in [2.05, 4.69) is 27.5 Å². The molecule has 48 heavy (non-hydrogen) atoms. The number of imidazole rings is 1. The first-order chi connectivity index (χ1) is 23.2. The van der Waals surface area contributed by atoms with Gasteiger partial charge in [-0.25, -0.2) is 14.8 Å². The van der Waals surface area contributed by atoms with Gasteiger partial charge in [-0.2, -0.15) is 0 Å². The summed E-state index contributed by atoms with van der Waals surface area (Å²) in [5.74, 6) is 0.610. The molecule has 0 saturated carbocycles. The maximum Gasteiger partial charge on any atom is 0.420 e. The number of rotatable bonds is 12. The number of pyridine rings is 1. The van der Waals surface area contributed by atoms with Gasteiger partial charge in [0.1, 0.15) is 23.2 Å². The topological polar surface area (TPSA) is 162 Å². The molecule has 2 aromatic heterocycles. The fourth-order valence-corrected chi connectivity index (χ4v) is 4.93. The Morgan fingerprint density at radius 2 is 1.69 bits per heavy atom. The third-order valence-electron chi connectivity index (χ3n) is 7.59. The molecule has 4 N–H and O–H groups in total. The van der Waals surface area contributed by atoms with E-state index in [4.69, 9.17) is 19.9 Å². The lowest BCUT2D eigenvalue weighted by Gasteiger charge is -2.21.